The number of pyridine rings is 1. The van der Waals surface area contributed by atoms with E-state index in [0.717, 1.165) is 16.0 Å². The molecule has 0 spiro atoms. The van der Waals surface area contributed by atoms with Crippen LogP contribution in [0, 0.1) is 10.1 Å². The normalized spacial score (nSPS) is 10.8. The van der Waals surface area contributed by atoms with E-state index >= 15 is 0 Å². The maximum absolute atomic E-state index is 12.5. The van der Waals surface area contributed by atoms with Crippen LogP contribution in [0.1, 0.15) is 15.9 Å². The van der Waals surface area contributed by atoms with Gasteiger partial charge in [-0.3, -0.25) is 14.9 Å². The first kappa shape index (κ1) is 19.8. The fourth-order valence-corrected chi connectivity index (χ4v) is 4.30. The first-order chi connectivity index (χ1) is 14.6. The van der Waals surface area contributed by atoms with Gasteiger partial charge in [-0.1, -0.05) is 60.7 Å². The van der Waals surface area contributed by atoms with E-state index in [-0.39, 0.29) is 22.9 Å². The summed E-state index contributed by atoms with van der Waals surface area (Å²) in [5.41, 5.74) is 1.84. The number of ketones is 1. The summed E-state index contributed by atoms with van der Waals surface area (Å²) in [7, 11) is 0. The van der Waals surface area contributed by atoms with Crippen molar-refractivity contribution >= 4 is 34.0 Å². The van der Waals surface area contributed by atoms with E-state index < -0.39 is 0 Å². The number of hydrogen-bond acceptors (Lipinski definition) is 4. The number of Topliss-reactive ketones (excluding diaryl/α,β-unsaturated/α-hetero) is 1. The third kappa shape index (κ3) is 4.39. The number of nitrogens with zero attached hydrogens (tertiary/aromatic N) is 2. The highest BCUT2D eigenvalue weighted by molar-refractivity contribution is 7.98. The van der Waals surface area contributed by atoms with Crippen molar-refractivity contribution in [2.24, 2.45) is 0 Å². The van der Waals surface area contributed by atoms with E-state index in [9.17, 15) is 14.9 Å². The molecule has 0 radical (unpaired) electrons. The monoisotopic (exact) mass is 415 g/mol. The van der Waals surface area contributed by atoms with Crippen LogP contribution in [-0.2, 0) is 12.3 Å². The van der Waals surface area contributed by atoms with E-state index in [0.29, 0.717) is 10.9 Å². The van der Waals surface area contributed by atoms with Crippen molar-refractivity contribution in [2.45, 2.75) is 17.2 Å². The predicted octanol–water partition coefficient (Wildman–Crippen LogP) is 5.21. The third-order valence-corrected chi connectivity index (χ3v) is 5.95. The van der Waals surface area contributed by atoms with E-state index in [1.54, 1.807) is 53.0 Å². The minimum absolute atomic E-state index is 0.0376. The van der Waals surface area contributed by atoms with Gasteiger partial charge in [0.15, 0.2) is 12.4 Å². The van der Waals surface area contributed by atoms with Gasteiger partial charge in [-0.05, 0) is 11.6 Å². The SMILES string of the molecule is O=C(C[n+]1ccc2c(SCc3ccccc3)ccc([N+](=O)[O-])c2c1)c1ccccc1. The Morgan fingerprint density at radius 1 is 0.900 bits per heavy atom. The lowest BCUT2D eigenvalue weighted by Gasteiger charge is -2.07. The summed E-state index contributed by atoms with van der Waals surface area (Å²) in [4.78, 5) is 24.7. The molecule has 0 saturated carbocycles. The highest BCUT2D eigenvalue weighted by Gasteiger charge is 2.20. The third-order valence-electron chi connectivity index (χ3n) is 4.81. The van der Waals surface area contributed by atoms with Crippen LogP contribution in [0.25, 0.3) is 10.8 Å². The second-order valence-corrected chi connectivity index (χ2v) is 7.87. The topological polar surface area (TPSA) is 64.1 Å². The first-order valence-electron chi connectivity index (χ1n) is 9.47. The molecular formula is C24H19N2O3S+. The van der Waals surface area contributed by atoms with Crippen LogP contribution >= 0.6 is 11.8 Å². The molecule has 0 atom stereocenters. The number of thioether (sulfide) groups is 1. The van der Waals surface area contributed by atoms with E-state index in [2.05, 4.69) is 12.1 Å². The number of aromatic nitrogens is 1. The van der Waals surface area contributed by atoms with Gasteiger partial charge in [-0.25, -0.2) is 0 Å². The van der Waals surface area contributed by atoms with Gasteiger partial charge in [0.1, 0.15) is 5.39 Å². The summed E-state index contributed by atoms with van der Waals surface area (Å²) >= 11 is 1.64. The smallest absolute Gasteiger partial charge is 0.283 e. The standard InChI is InChI=1S/C24H19N2O3S/c27-23(19-9-5-2-6-10-19)16-25-14-13-20-21(15-25)22(26(28)29)11-12-24(20)30-17-18-7-3-1-4-8-18/h1-15H,16-17H2/q+1. The van der Waals surface area contributed by atoms with Crippen molar-refractivity contribution < 1.29 is 14.3 Å². The quantitative estimate of drug-likeness (QED) is 0.137. The maximum atomic E-state index is 12.5. The molecule has 0 aliphatic carbocycles. The number of carbonyl (C=O) groups excluding carboxylic acids is 1. The molecule has 6 heteroatoms. The molecule has 0 saturated heterocycles. The number of nitro groups is 1. The zero-order valence-corrected chi connectivity index (χ0v) is 16.9. The van der Waals surface area contributed by atoms with E-state index in [1.165, 1.54) is 5.56 Å². The Kier molecular flexibility index (Phi) is 5.86. The van der Waals surface area contributed by atoms with Crippen LogP contribution < -0.4 is 4.57 Å². The highest BCUT2D eigenvalue weighted by atomic mass is 32.2. The van der Waals surface area contributed by atoms with Crippen LogP contribution in [0.4, 0.5) is 5.69 Å². The lowest BCUT2D eigenvalue weighted by Crippen LogP contribution is -2.37. The van der Waals surface area contributed by atoms with Gasteiger partial charge in [0.2, 0.25) is 12.3 Å². The molecule has 148 valence electrons. The molecule has 4 aromatic rings. The molecule has 0 N–H and O–H groups in total. The summed E-state index contributed by atoms with van der Waals surface area (Å²) in [5, 5.41) is 12.9. The van der Waals surface area contributed by atoms with Crippen molar-refractivity contribution in [3.05, 3.63) is 112 Å². The molecule has 5 nitrogen and oxygen atoms in total. The number of carbonyl (C=O) groups is 1. The molecular weight excluding hydrogens is 396 g/mol. The lowest BCUT2D eigenvalue weighted by atomic mass is 10.1. The molecule has 0 unspecified atom stereocenters. The molecule has 0 amide bonds. The van der Waals surface area contributed by atoms with Gasteiger partial charge in [-0.15, -0.1) is 11.8 Å². The van der Waals surface area contributed by atoms with Gasteiger partial charge in [0, 0.05) is 33.7 Å². The van der Waals surface area contributed by atoms with Gasteiger partial charge < -0.3 is 0 Å². The first-order valence-corrected chi connectivity index (χ1v) is 10.5. The van der Waals surface area contributed by atoms with Crippen molar-refractivity contribution in [3.63, 3.8) is 0 Å². The minimum atomic E-state index is -0.378. The Balaban J connectivity index is 1.66. The van der Waals surface area contributed by atoms with Crippen LogP contribution in [0.5, 0.6) is 0 Å². The van der Waals surface area contributed by atoms with Crippen LogP contribution in [-0.4, -0.2) is 10.7 Å². The predicted molar refractivity (Wildman–Crippen MR) is 118 cm³/mol. The zero-order chi connectivity index (χ0) is 20.9. The average Bonchev–Trinajstić information content (AvgIpc) is 2.78. The van der Waals surface area contributed by atoms with Crippen LogP contribution in [0.15, 0.2) is 96.2 Å². The van der Waals surface area contributed by atoms with Gasteiger partial charge >= 0.3 is 0 Å². The zero-order valence-electron chi connectivity index (χ0n) is 16.1. The molecule has 0 fully saturated rings. The van der Waals surface area contributed by atoms with Gasteiger partial charge in [0.25, 0.3) is 5.69 Å². The molecule has 3 aromatic carbocycles. The summed E-state index contributed by atoms with van der Waals surface area (Å²) in [6.45, 7) is 0.124. The summed E-state index contributed by atoms with van der Waals surface area (Å²) in [6.07, 6.45) is 3.50. The van der Waals surface area contributed by atoms with Crippen molar-refractivity contribution in [1.29, 1.82) is 0 Å². The number of nitro benzene ring substituents is 1. The number of fused-ring (bicyclic) bond motifs is 1. The lowest BCUT2D eigenvalue weighted by molar-refractivity contribution is -0.681. The number of hydrogen-bond donors (Lipinski definition) is 0. The average molecular weight is 415 g/mol. The summed E-state index contributed by atoms with van der Waals surface area (Å²) < 4.78 is 1.70. The van der Waals surface area contributed by atoms with Crippen molar-refractivity contribution in [1.82, 2.24) is 0 Å². The number of non-ortho nitro benzene ring substituents is 1. The fraction of sp³-hybridized carbons (Fsp3) is 0.0833. The molecule has 1 heterocycles. The summed E-state index contributed by atoms with van der Waals surface area (Å²) in [6, 6.07) is 24.3. The second-order valence-electron chi connectivity index (χ2n) is 6.85. The Bertz CT molecular complexity index is 1210. The van der Waals surface area contributed by atoms with Gasteiger partial charge in [0.05, 0.1) is 4.92 Å². The Morgan fingerprint density at radius 2 is 1.60 bits per heavy atom. The molecule has 30 heavy (non-hydrogen) atoms. The Hall–Kier alpha value is -3.51. The molecule has 0 aliphatic heterocycles. The second kappa shape index (κ2) is 8.88. The van der Waals surface area contributed by atoms with Crippen LogP contribution in [0.2, 0.25) is 0 Å². The largest absolute Gasteiger partial charge is 0.287 e. The van der Waals surface area contributed by atoms with Crippen molar-refractivity contribution in [3.8, 4) is 0 Å². The van der Waals surface area contributed by atoms with Crippen LogP contribution in [0.3, 0.4) is 0 Å². The fourth-order valence-electron chi connectivity index (χ4n) is 3.29. The van der Waals surface area contributed by atoms with E-state index in [1.807, 2.05) is 42.5 Å². The van der Waals surface area contributed by atoms with Crippen molar-refractivity contribution in [2.75, 3.05) is 0 Å². The summed E-state index contributed by atoms with van der Waals surface area (Å²) in [5.74, 6) is 0.729. The number of benzene rings is 3. The minimum Gasteiger partial charge on any atom is -0.287 e. The van der Waals surface area contributed by atoms with E-state index in [4.69, 9.17) is 0 Å². The molecule has 1 aromatic heterocycles. The maximum Gasteiger partial charge on any atom is 0.283 e. The Morgan fingerprint density at radius 3 is 2.30 bits per heavy atom. The highest BCUT2D eigenvalue weighted by Crippen LogP contribution is 2.34. The van der Waals surface area contributed by atoms with Gasteiger partial charge in [-0.2, -0.15) is 4.57 Å². The molecule has 0 bridgehead atoms. The molecule has 4 rings (SSSR count). The number of rotatable bonds is 7. The molecule has 0 aliphatic rings. The Labute approximate surface area is 178 Å².